The van der Waals surface area contributed by atoms with Gasteiger partial charge < -0.3 is 9.47 Å². The van der Waals surface area contributed by atoms with Gasteiger partial charge in [0.05, 0.1) is 12.8 Å². The molecule has 0 radical (unpaired) electrons. The monoisotopic (exact) mass is 624 g/mol. The minimum absolute atomic E-state index is 0.0670. The molecule has 0 aliphatic heterocycles. The molecule has 0 saturated carbocycles. The summed E-state index contributed by atoms with van der Waals surface area (Å²) in [7, 11) is 0. The van der Waals surface area contributed by atoms with Crippen LogP contribution in [-0.4, -0.2) is 35.5 Å². The minimum Gasteiger partial charge on any atom is -0.457 e. The van der Waals surface area contributed by atoms with Crippen LogP contribution in [0, 0.1) is 0 Å². The van der Waals surface area contributed by atoms with Crippen LogP contribution < -0.4 is 9.47 Å². The standard InChI is InChI=1S/C33H18F6O6/c34-32(35,36)31(33(37,38)39,17-1-5-19(6-2-17)44-21-9-11-23-25(13-21)29(42)15-27(23)40)18-3-7-20(8-4-18)45-22-10-12-24-26(14-22)30(43)16-28(24)41/h1-14H,15-16H2. The first-order valence-corrected chi connectivity index (χ1v) is 13.3. The van der Waals surface area contributed by atoms with Gasteiger partial charge in [0.25, 0.3) is 0 Å². The number of fused-ring (bicyclic) bond motifs is 2. The molecule has 12 heteroatoms. The first kappa shape index (κ1) is 29.8. The topological polar surface area (TPSA) is 86.7 Å². The number of ketones is 4. The lowest BCUT2D eigenvalue weighted by Crippen LogP contribution is -2.54. The molecule has 0 fully saturated rings. The average molecular weight is 624 g/mol. The Hall–Kier alpha value is -5.26. The molecule has 0 amide bonds. The number of benzene rings is 4. The fourth-order valence-electron chi connectivity index (χ4n) is 5.59. The molecule has 0 N–H and O–H groups in total. The van der Waals surface area contributed by atoms with E-state index in [1.54, 1.807) is 0 Å². The van der Waals surface area contributed by atoms with Crippen molar-refractivity contribution in [3.05, 3.63) is 118 Å². The Morgan fingerprint density at radius 3 is 1.07 bits per heavy atom. The van der Waals surface area contributed by atoms with Gasteiger partial charge in [-0.1, -0.05) is 24.3 Å². The molecule has 0 heterocycles. The number of rotatable bonds is 6. The van der Waals surface area contributed by atoms with Crippen molar-refractivity contribution in [3.63, 3.8) is 0 Å². The molecule has 0 saturated heterocycles. The molecule has 4 aromatic rings. The minimum atomic E-state index is -5.84. The van der Waals surface area contributed by atoms with Gasteiger partial charge in [0.15, 0.2) is 23.1 Å². The first-order valence-electron chi connectivity index (χ1n) is 13.3. The van der Waals surface area contributed by atoms with Crippen molar-refractivity contribution in [2.24, 2.45) is 0 Å². The summed E-state index contributed by atoms with van der Waals surface area (Å²) < 4.78 is 98.9. The Labute approximate surface area is 250 Å². The van der Waals surface area contributed by atoms with Crippen molar-refractivity contribution in [1.82, 2.24) is 0 Å². The van der Waals surface area contributed by atoms with Crippen molar-refractivity contribution in [2.45, 2.75) is 30.6 Å². The maximum atomic E-state index is 14.6. The number of carbonyl (C=O) groups is 4. The van der Waals surface area contributed by atoms with E-state index in [0.717, 1.165) is 24.3 Å². The lowest BCUT2D eigenvalue weighted by Gasteiger charge is -2.38. The number of alkyl halides is 6. The number of ether oxygens (including phenoxy) is 2. The van der Waals surface area contributed by atoms with Crippen molar-refractivity contribution in [2.75, 3.05) is 0 Å². The molecule has 4 aromatic carbocycles. The second-order valence-corrected chi connectivity index (χ2v) is 10.5. The summed E-state index contributed by atoms with van der Waals surface area (Å²) in [5.41, 5.74) is -6.03. The van der Waals surface area contributed by atoms with E-state index in [1.807, 2.05) is 0 Å². The molecule has 0 spiro atoms. The summed E-state index contributed by atoms with van der Waals surface area (Å²) in [5.74, 6) is -1.65. The van der Waals surface area contributed by atoms with Crippen molar-refractivity contribution in [3.8, 4) is 23.0 Å². The zero-order valence-corrected chi connectivity index (χ0v) is 22.7. The molecule has 0 unspecified atom stereocenters. The normalized spacial score (nSPS) is 14.9. The van der Waals surface area contributed by atoms with Gasteiger partial charge in [-0.3, -0.25) is 19.2 Å². The Balaban J connectivity index is 1.31. The SMILES string of the molecule is O=C1CC(=O)c2cc(Oc3ccc(C(c4ccc(Oc5ccc6c(c5)C(=O)CC6=O)cc4)(C(F)(F)F)C(F)(F)F)cc3)ccc21. The largest absolute Gasteiger partial charge is 0.457 e. The van der Waals surface area contributed by atoms with Crippen LogP contribution in [-0.2, 0) is 5.41 Å². The van der Waals surface area contributed by atoms with Gasteiger partial charge in [-0.05, 0) is 71.8 Å². The molecular formula is C33H18F6O6. The molecule has 45 heavy (non-hydrogen) atoms. The van der Waals surface area contributed by atoms with Crippen LogP contribution in [0.3, 0.4) is 0 Å². The van der Waals surface area contributed by atoms with Gasteiger partial charge >= 0.3 is 12.4 Å². The summed E-state index contributed by atoms with van der Waals surface area (Å²) in [6, 6.07) is 14.4. The summed E-state index contributed by atoms with van der Waals surface area (Å²) in [6.07, 6.45) is -12.3. The summed E-state index contributed by atoms with van der Waals surface area (Å²) in [4.78, 5) is 47.7. The van der Waals surface area contributed by atoms with Gasteiger partial charge in [0.1, 0.15) is 23.0 Å². The molecule has 0 atom stereocenters. The second kappa shape index (κ2) is 10.4. The summed E-state index contributed by atoms with van der Waals surface area (Å²) >= 11 is 0. The number of carbonyl (C=O) groups excluding carboxylic acids is 4. The van der Waals surface area contributed by atoms with Crippen LogP contribution >= 0.6 is 0 Å². The van der Waals surface area contributed by atoms with Gasteiger partial charge in [-0.25, -0.2) is 0 Å². The van der Waals surface area contributed by atoms with E-state index in [1.165, 1.54) is 36.4 Å². The highest BCUT2D eigenvalue weighted by Gasteiger charge is 2.72. The predicted octanol–water partition coefficient (Wildman–Crippen LogP) is 8.22. The van der Waals surface area contributed by atoms with Crippen molar-refractivity contribution >= 4 is 23.1 Å². The van der Waals surface area contributed by atoms with E-state index in [0.29, 0.717) is 24.3 Å². The molecule has 6 rings (SSSR count). The summed E-state index contributed by atoms with van der Waals surface area (Å²) in [5, 5.41) is 0. The number of hydrogen-bond donors (Lipinski definition) is 0. The summed E-state index contributed by atoms with van der Waals surface area (Å²) in [6.45, 7) is 0. The van der Waals surface area contributed by atoms with Gasteiger partial charge in [0.2, 0.25) is 5.41 Å². The third kappa shape index (κ3) is 4.95. The third-order valence-corrected chi connectivity index (χ3v) is 7.72. The van der Waals surface area contributed by atoms with Crippen LogP contribution in [0.1, 0.15) is 65.4 Å². The lowest BCUT2D eigenvalue weighted by atomic mass is 9.73. The van der Waals surface area contributed by atoms with E-state index < -0.39 is 40.5 Å². The highest BCUT2D eigenvalue weighted by Crippen LogP contribution is 2.56. The molecule has 6 nitrogen and oxygen atoms in total. The Bertz CT molecular complexity index is 1750. The van der Waals surface area contributed by atoms with Crippen LogP contribution in [0.25, 0.3) is 0 Å². The molecule has 228 valence electrons. The van der Waals surface area contributed by atoms with Crippen LogP contribution in [0.15, 0.2) is 84.9 Å². The number of hydrogen-bond acceptors (Lipinski definition) is 6. The molecule has 2 aliphatic carbocycles. The van der Waals surface area contributed by atoms with Gasteiger partial charge in [-0.15, -0.1) is 0 Å². The third-order valence-electron chi connectivity index (χ3n) is 7.72. The lowest BCUT2D eigenvalue weighted by molar-refractivity contribution is -0.288. The molecule has 0 aromatic heterocycles. The predicted molar refractivity (Wildman–Crippen MR) is 145 cm³/mol. The second-order valence-electron chi connectivity index (χ2n) is 10.5. The van der Waals surface area contributed by atoms with Crippen LogP contribution in [0.5, 0.6) is 23.0 Å². The van der Waals surface area contributed by atoms with Crippen molar-refractivity contribution < 1.29 is 55.0 Å². The van der Waals surface area contributed by atoms with E-state index >= 15 is 0 Å². The molecule has 0 bridgehead atoms. The highest BCUT2D eigenvalue weighted by atomic mass is 19.4. The fraction of sp³-hybridized carbons (Fsp3) is 0.152. The molecular weight excluding hydrogens is 606 g/mol. The average Bonchev–Trinajstić information content (AvgIpc) is 3.41. The smallest absolute Gasteiger partial charge is 0.411 e. The fourth-order valence-corrected chi connectivity index (χ4v) is 5.59. The zero-order chi connectivity index (χ0) is 32.3. The quantitative estimate of drug-likeness (QED) is 0.159. The van der Waals surface area contributed by atoms with Gasteiger partial charge in [0, 0.05) is 22.3 Å². The van der Waals surface area contributed by atoms with Gasteiger partial charge in [-0.2, -0.15) is 26.3 Å². The highest BCUT2D eigenvalue weighted by molar-refractivity contribution is 6.25. The zero-order valence-electron chi connectivity index (χ0n) is 22.7. The Morgan fingerprint density at radius 2 is 0.733 bits per heavy atom. The first-order chi connectivity index (χ1) is 21.2. The number of halogens is 6. The molecule has 2 aliphatic rings. The van der Waals surface area contributed by atoms with E-state index in [9.17, 15) is 45.5 Å². The van der Waals surface area contributed by atoms with Crippen LogP contribution in [0.4, 0.5) is 26.3 Å². The van der Waals surface area contributed by atoms with E-state index in [2.05, 4.69) is 0 Å². The number of Topliss-reactive ketones (excluding diaryl/α,β-unsaturated/α-hetero) is 4. The van der Waals surface area contributed by atoms with E-state index in [4.69, 9.17) is 9.47 Å². The maximum Gasteiger partial charge on any atom is 0.411 e. The maximum absolute atomic E-state index is 14.6. The Kier molecular flexibility index (Phi) is 6.90. The Morgan fingerprint density at radius 1 is 0.422 bits per heavy atom. The van der Waals surface area contributed by atoms with Crippen LogP contribution in [0.2, 0.25) is 0 Å². The van der Waals surface area contributed by atoms with Crippen molar-refractivity contribution in [1.29, 1.82) is 0 Å². The van der Waals surface area contributed by atoms with E-state index in [-0.39, 0.29) is 69.7 Å².